The molecular formula is C20H19BrF4N2O. The molecule has 3 nitrogen and oxygen atoms in total. The first kappa shape index (κ1) is 20.6. The zero-order chi connectivity index (χ0) is 20.3. The highest BCUT2D eigenvalue weighted by atomic mass is 79.9. The number of hydrogen-bond donors (Lipinski definition) is 0. The molecule has 1 heterocycles. The summed E-state index contributed by atoms with van der Waals surface area (Å²) in [7, 11) is 1.56. The zero-order valence-electron chi connectivity index (χ0n) is 15.2. The van der Waals surface area contributed by atoms with Crippen LogP contribution >= 0.6 is 15.9 Å². The van der Waals surface area contributed by atoms with E-state index in [0.717, 1.165) is 14.9 Å². The fourth-order valence-electron chi connectivity index (χ4n) is 3.33. The van der Waals surface area contributed by atoms with E-state index in [9.17, 15) is 17.6 Å². The molecule has 0 bridgehead atoms. The van der Waals surface area contributed by atoms with Crippen molar-refractivity contribution in [3.8, 4) is 5.75 Å². The van der Waals surface area contributed by atoms with Gasteiger partial charge >= 0.3 is 6.18 Å². The Morgan fingerprint density at radius 2 is 1.96 bits per heavy atom. The highest BCUT2D eigenvalue weighted by Crippen LogP contribution is 2.27. The number of amidine groups is 1. The van der Waals surface area contributed by atoms with Crippen LogP contribution in [0.3, 0.4) is 0 Å². The second-order valence-electron chi connectivity index (χ2n) is 6.46. The largest absolute Gasteiger partial charge is 0.496 e. The van der Waals surface area contributed by atoms with Gasteiger partial charge in [0.2, 0.25) is 0 Å². The molecule has 1 aliphatic rings. The zero-order valence-corrected chi connectivity index (χ0v) is 16.8. The Kier molecular flexibility index (Phi) is 6.27. The lowest BCUT2D eigenvalue weighted by Gasteiger charge is -2.23. The van der Waals surface area contributed by atoms with Crippen molar-refractivity contribution in [2.75, 3.05) is 26.7 Å². The van der Waals surface area contributed by atoms with Crippen LogP contribution < -0.4 is 4.74 Å². The maximum Gasteiger partial charge on any atom is 0.405 e. The summed E-state index contributed by atoms with van der Waals surface area (Å²) in [5.74, 6) is 0.430. The van der Waals surface area contributed by atoms with E-state index in [1.54, 1.807) is 13.2 Å². The molecule has 3 rings (SSSR count). The van der Waals surface area contributed by atoms with Gasteiger partial charge in [0.1, 0.15) is 23.9 Å². The van der Waals surface area contributed by atoms with Crippen molar-refractivity contribution >= 4 is 21.8 Å². The molecule has 0 aromatic heterocycles. The van der Waals surface area contributed by atoms with Gasteiger partial charge in [0.05, 0.1) is 13.7 Å². The van der Waals surface area contributed by atoms with Gasteiger partial charge in [-0.1, -0.05) is 28.1 Å². The van der Waals surface area contributed by atoms with Crippen molar-refractivity contribution in [1.82, 2.24) is 4.90 Å². The third-order valence-electron chi connectivity index (χ3n) is 4.55. The molecule has 8 heteroatoms. The Morgan fingerprint density at radius 1 is 1.18 bits per heavy atom. The molecule has 0 saturated carbocycles. The second kappa shape index (κ2) is 8.51. The van der Waals surface area contributed by atoms with Gasteiger partial charge in [-0.25, -0.2) is 4.39 Å². The topological polar surface area (TPSA) is 24.8 Å². The third kappa shape index (κ3) is 4.84. The van der Waals surface area contributed by atoms with Gasteiger partial charge in [-0.05, 0) is 48.2 Å². The Morgan fingerprint density at radius 3 is 2.68 bits per heavy atom. The summed E-state index contributed by atoms with van der Waals surface area (Å²) in [5.41, 5.74) is 1.65. The average Bonchev–Trinajstić information content (AvgIpc) is 3.06. The summed E-state index contributed by atoms with van der Waals surface area (Å²) in [6.07, 6.45) is -3.56. The van der Waals surface area contributed by atoms with Crippen molar-refractivity contribution in [2.24, 2.45) is 4.99 Å². The fraction of sp³-hybridized carbons (Fsp3) is 0.350. The molecule has 0 spiro atoms. The molecule has 0 amide bonds. The number of benzene rings is 2. The molecule has 1 aliphatic heterocycles. The highest BCUT2D eigenvalue weighted by molar-refractivity contribution is 9.10. The molecule has 2 aromatic rings. The van der Waals surface area contributed by atoms with E-state index >= 15 is 0 Å². The van der Waals surface area contributed by atoms with E-state index in [-0.39, 0.29) is 18.9 Å². The summed E-state index contributed by atoms with van der Waals surface area (Å²) in [6.45, 7) is -0.660. The van der Waals surface area contributed by atoms with E-state index in [1.807, 2.05) is 18.2 Å². The Labute approximate surface area is 169 Å². The van der Waals surface area contributed by atoms with Crippen LogP contribution in [0.5, 0.6) is 5.75 Å². The van der Waals surface area contributed by atoms with Crippen LogP contribution in [-0.2, 0) is 12.8 Å². The maximum absolute atomic E-state index is 14.6. The first-order valence-corrected chi connectivity index (χ1v) is 9.54. The molecule has 0 unspecified atom stereocenters. The van der Waals surface area contributed by atoms with Crippen LogP contribution in [0.2, 0.25) is 0 Å². The summed E-state index contributed by atoms with van der Waals surface area (Å²) < 4.78 is 59.4. The molecule has 150 valence electrons. The first-order chi connectivity index (χ1) is 13.3. The van der Waals surface area contributed by atoms with Gasteiger partial charge in [0, 0.05) is 16.6 Å². The van der Waals surface area contributed by atoms with E-state index < -0.39 is 18.5 Å². The standard InChI is InChI=1S/C20H19BrF4N2O/c1-28-18-8-6-14(21)11-13(18)5-7-15-16(3-2-4-17(15)22)19-26-9-10-27(19)12-20(23,24)25/h2-4,6,8,11H,5,7,9-10,12H2,1H3. The Bertz CT molecular complexity index is 883. The number of nitrogens with zero attached hydrogens (tertiary/aromatic N) is 2. The summed E-state index contributed by atoms with van der Waals surface area (Å²) >= 11 is 3.41. The summed E-state index contributed by atoms with van der Waals surface area (Å²) in [4.78, 5) is 5.38. The fourth-order valence-corrected chi connectivity index (χ4v) is 3.74. The summed E-state index contributed by atoms with van der Waals surface area (Å²) in [5, 5.41) is 0. The van der Waals surface area contributed by atoms with Crippen LogP contribution in [0.15, 0.2) is 45.9 Å². The normalized spacial score (nSPS) is 14.4. The highest BCUT2D eigenvalue weighted by Gasteiger charge is 2.34. The molecule has 0 radical (unpaired) electrons. The molecule has 0 fully saturated rings. The lowest BCUT2D eigenvalue weighted by molar-refractivity contribution is -0.136. The van der Waals surface area contributed by atoms with Crippen molar-refractivity contribution in [3.05, 3.63) is 63.4 Å². The SMILES string of the molecule is COc1ccc(Br)cc1CCc1c(F)cccc1C1=NCCN1CC(F)(F)F. The molecule has 0 saturated heterocycles. The van der Waals surface area contributed by atoms with E-state index in [1.165, 1.54) is 12.1 Å². The molecule has 0 N–H and O–H groups in total. The molecule has 0 aliphatic carbocycles. The lowest BCUT2D eigenvalue weighted by Crippen LogP contribution is -2.37. The molecule has 0 atom stereocenters. The number of aryl methyl sites for hydroxylation is 1. The van der Waals surface area contributed by atoms with Gasteiger partial charge in [0.15, 0.2) is 0 Å². The minimum absolute atomic E-state index is 0.171. The molecule has 2 aromatic carbocycles. The van der Waals surface area contributed by atoms with Crippen LogP contribution in [0.1, 0.15) is 16.7 Å². The van der Waals surface area contributed by atoms with Gasteiger partial charge in [0.25, 0.3) is 0 Å². The first-order valence-electron chi connectivity index (χ1n) is 8.75. The number of hydrogen-bond acceptors (Lipinski definition) is 3. The molecular weight excluding hydrogens is 440 g/mol. The second-order valence-corrected chi connectivity index (χ2v) is 7.38. The number of aliphatic imine (C=N–C) groups is 1. The Hall–Kier alpha value is -2.09. The quantitative estimate of drug-likeness (QED) is 0.568. The van der Waals surface area contributed by atoms with Crippen molar-refractivity contribution in [1.29, 1.82) is 0 Å². The van der Waals surface area contributed by atoms with E-state index in [0.29, 0.717) is 29.7 Å². The third-order valence-corrected chi connectivity index (χ3v) is 5.04. The van der Waals surface area contributed by atoms with Gasteiger partial charge in [-0.3, -0.25) is 4.99 Å². The van der Waals surface area contributed by atoms with Crippen LogP contribution in [0.4, 0.5) is 17.6 Å². The van der Waals surface area contributed by atoms with Crippen molar-refractivity contribution in [3.63, 3.8) is 0 Å². The summed E-state index contributed by atoms with van der Waals surface area (Å²) in [6, 6.07) is 10.0. The number of alkyl halides is 3. The van der Waals surface area contributed by atoms with Crippen molar-refractivity contribution < 1.29 is 22.3 Å². The predicted octanol–water partition coefficient (Wildman–Crippen LogP) is 5.01. The monoisotopic (exact) mass is 458 g/mol. The maximum atomic E-state index is 14.6. The lowest BCUT2D eigenvalue weighted by atomic mass is 9.97. The van der Waals surface area contributed by atoms with Crippen molar-refractivity contribution in [2.45, 2.75) is 19.0 Å². The van der Waals surface area contributed by atoms with Gasteiger partial charge in [-0.2, -0.15) is 13.2 Å². The van der Waals surface area contributed by atoms with Gasteiger partial charge in [-0.15, -0.1) is 0 Å². The minimum Gasteiger partial charge on any atom is -0.496 e. The number of halogens is 5. The van der Waals surface area contributed by atoms with E-state index in [4.69, 9.17) is 4.74 Å². The van der Waals surface area contributed by atoms with Gasteiger partial charge < -0.3 is 9.64 Å². The smallest absolute Gasteiger partial charge is 0.405 e. The minimum atomic E-state index is -4.34. The van der Waals surface area contributed by atoms with Crippen LogP contribution in [0, 0.1) is 5.82 Å². The number of methoxy groups -OCH3 is 1. The average molecular weight is 459 g/mol. The van der Waals surface area contributed by atoms with Crippen LogP contribution in [-0.4, -0.2) is 43.7 Å². The number of ether oxygens (including phenoxy) is 1. The van der Waals surface area contributed by atoms with E-state index in [2.05, 4.69) is 20.9 Å². The predicted molar refractivity (Wildman–Crippen MR) is 104 cm³/mol. The van der Waals surface area contributed by atoms with Crippen LogP contribution in [0.25, 0.3) is 0 Å². The number of rotatable bonds is 6. The molecule has 28 heavy (non-hydrogen) atoms. The Balaban J connectivity index is 1.88.